The molecule has 8 nitrogen and oxygen atoms in total. The molecule has 0 radical (unpaired) electrons. The van der Waals surface area contributed by atoms with Gasteiger partial charge in [0.2, 0.25) is 10.0 Å². The zero-order valence-electron chi connectivity index (χ0n) is 15.8. The maximum absolute atomic E-state index is 12.2. The fourth-order valence-electron chi connectivity index (χ4n) is 2.76. The summed E-state index contributed by atoms with van der Waals surface area (Å²) < 4.78 is 32.7. The fraction of sp³-hybridized carbons (Fsp3) is 0.263. The first-order valence-corrected chi connectivity index (χ1v) is 10.3. The van der Waals surface area contributed by atoms with E-state index in [4.69, 9.17) is 4.42 Å². The summed E-state index contributed by atoms with van der Waals surface area (Å²) in [5, 5.41) is 4.19. The maximum atomic E-state index is 12.2. The van der Waals surface area contributed by atoms with E-state index in [1.165, 1.54) is 18.5 Å². The molecule has 3 aromatic rings. The number of hydrogen-bond acceptors (Lipinski definition) is 5. The van der Waals surface area contributed by atoms with Gasteiger partial charge >= 0.3 is 0 Å². The second kappa shape index (κ2) is 8.85. The Morgan fingerprint density at radius 1 is 1.21 bits per heavy atom. The van der Waals surface area contributed by atoms with Gasteiger partial charge in [-0.15, -0.1) is 0 Å². The summed E-state index contributed by atoms with van der Waals surface area (Å²) in [4.78, 5) is 10.1. The van der Waals surface area contributed by atoms with Crippen molar-refractivity contribution in [1.29, 1.82) is 0 Å². The van der Waals surface area contributed by atoms with E-state index in [0.717, 1.165) is 16.7 Å². The number of sulfonamides is 1. The third-order valence-corrected chi connectivity index (χ3v) is 5.53. The van der Waals surface area contributed by atoms with E-state index < -0.39 is 10.0 Å². The summed E-state index contributed by atoms with van der Waals surface area (Å²) in [5.74, 6) is 1.46. The molecule has 0 atom stereocenters. The van der Waals surface area contributed by atoms with Crippen molar-refractivity contribution in [2.24, 2.45) is 4.99 Å². The van der Waals surface area contributed by atoms with Crippen LogP contribution in [0.3, 0.4) is 0 Å². The van der Waals surface area contributed by atoms with Crippen LogP contribution >= 0.6 is 0 Å². The summed E-state index contributed by atoms with van der Waals surface area (Å²) in [5.41, 5.74) is 0.846. The zero-order chi connectivity index (χ0) is 20.0. The Hall–Kier alpha value is -2.91. The van der Waals surface area contributed by atoms with Crippen LogP contribution in [0.5, 0.6) is 0 Å². The van der Waals surface area contributed by atoms with Gasteiger partial charge in [-0.1, -0.05) is 18.2 Å². The summed E-state index contributed by atoms with van der Waals surface area (Å²) in [6.07, 6.45) is 2.85. The number of furan rings is 1. The minimum Gasteiger partial charge on any atom is -0.459 e. The molecule has 0 aliphatic rings. The normalized spacial score (nSPS) is 12.3. The molecule has 2 aromatic heterocycles. The molecule has 3 rings (SSSR count). The Bertz CT molecular complexity index is 1010. The summed E-state index contributed by atoms with van der Waals surface area (Å²) in [6.45, 7) is 1.14. The number of fused-ring (bicyclic) bond motifs is 1. The Morgan fingerprint density at radius 3 is 2.75 bits per heavy atom. The molecule has 1 aromatic carbocycles. The van der Waals surface area contributed by atoms with Crippen molar-refractivity contribution in [2.45, 2.75) is 11.4 Å². The average Bonchev–Trinajstić information content (AvgIpc) is 3.10. The third kappa shape index (κ3) is 4.87. The van der Waals surface area contributed by atoms with Gasteiger partial charge < -0.3 is 14.6 Å². The van der Waals surface area contributed by atoms with E-state index in [2.05, 4.69) is 20.0 Å². The average molecular weight is 401 g/mol. The first-order chi connectivity index (χ1) is 13.5. The van der Waals surface area contributed by atoms with Crippen molar-refractivity contribution in [3.05, 3.63) is 60.6 Å². The lowest BCUT2D eigenvalue weighted by Gasteiger charge is -2.21. The number of para-hydroxylation sites is 1. The molecule has 0 saturated heterocycles. The number of aromatic nitrogens is 1. The number of pyridine rings is 1. The molecule has 0 saturated carbocycles. The Kier molecular flexibility index (Phi) is 6.27. The molecule has 28 heavy (non-hydrogen) atoms. The van der Waals surface area contributed by atoms with E-state index in [9.17, 15) is 8.42 Å². The molecule has 2 heterocycles. The van der Waals surface area contributed by atoms with Crippen LogP contribution in [0.15, 0.2) is 69.2 Å². The summed E-state index contributed by atoms with van der Waals surface area (Å²) >= 11 is 0. The molecule has 0 amide bonds. The lowest BCUT2D eigenvalue weighted by atomic mass is 10.2. The van der Waals surface area contributed by atoms with Gasteiger partial charge in [-0.3, -0.25) is 9.98 Å². The van der Waals surface area contributed by atoms with Crippen molar-refractivity contribution in [2.75, 3.05) is 27.2 Å². The van der Waals surface area contributed by atoms with E-state index in [1.54, 1.807) is 13.1 Å². The van der Waals surface area contributed by atoms with Crippen LogP contribution in [0.1, 0.15) is 5.76 Å². The topological polar surface area (TPSA) is 99.8 Å². The van der Waals surface area contributed by atoms with Gasteiger partial charge in [0.25, 0.3) is 0 Å². The van der Waals surface area contributed by atoms with Crippen LogP contribution in [-0.4, -0.2) is 51.4 Å². The second-order valence-corrected chi connectivity index (χ2v) is 7.93. The number of guanidine groups is 1. The SMILES string of the molecule is CN=C(NCCNS(=O)(=O)c1cccnc1)N(C)Cc1cc2ccccc2o1. The molecule has 0 bridgehead atoms. The molecule has 0 aliphatic carbocycles. The lowest BCUT2D eigenvalue weighted by molar-refractivity contribution is 0.413. The minimum absolute atomic E-state index is 0.140. The number of aliphatic imine (C=N–C) groups is 1. The van der Waals surface area contributed by atoms with Gasteiger partial charge in [0.05, 0.1) is 6.54 Å². The predicted molar refractivity (Wildman–Crippen MR) is 108 cm³/mol. The van der Waals surface area contributed by atoms with Gasteiger partial charge in [-0.25, -0.2) is 13.1 Å². The first-order valence-electron chi connectivity index (χ1n) is 8.78. The number of hydrogen-bond donors (Lipinski definition) is 2. The van der Waals surface area contributed by atoms with E-state index >= 15 is 0 Å². The van der Waals surface area contributed by atoms with Crippen LogP contribution in [0.4, 0.5) is 0 Å². The van der Waals surface area contributed by atoms with Crippen LogP contribution in [0.2, 0.25) is 0 Å². The monoisotopic (exact) mass is 401 g/mol. The van der Waals surface area contributed by atoms with Gasteiger partial charge in [0, 0.05) is 45.0 Å². The van der Waals surface area contributed by atoms with Crippen LogP contribution in [0, 0.1) is 0 Å². The van der Waals surface area contributed by atoms with E-state index in [-0.39, 0.29) is 11.4 Å². The van der Waals surface area contributed by atoms with Gasteiger partial charge in [0.1, 0.15) is 16.2 Å². The van der Waals surface area contributed by atoms with Crippen LogP contribution < -0.4 is 10.0 Å². The highest BCUT2D eigenvalue weighted by Crippen LogP contribution is 2.19. The number of nitrogens with zero attached hydrogens (tertiary/aromatic N) is 3. The van der Waals surface area contributed by atoms with Crippen molar-refractivity contribution >= 4 is 27.0 Å². The van der Waals surface area contributed by atoms with Crippen LogP contribution in [0.25, 0.3) is 11.0 Å². The summed E-state index contributed by atoms with van der Waals surface area (Å²) in [6, 6.07) is 12.9. The molecule has 0 spiro atoms. The highest BCUT2D eigenvalue weighted by atomic mass is 32.2. The number of nitrogens with one attached hydrogen (secondary N) is 2. The molecule has 9 heteroatoms. The molecule has 0 aliphatic heterocycles. The first kappa shape index (κ1) is 19.8. The molecule has 2 N–H and O–H groups in total. The highest BCUT2D eigenvalue weighted by Gasteiger charge is 2.14. The fourth-order valence-corrected chi connectivity index (χ4v) is 3.75. The standard InChI is InChI=1S/C19H23N5O3S/c1-20-19(22-10-11-23-28(25,26)17-7-5-9-21-13-17)24(2)14-16-12-15-6-3-4-8-18(15)27-16/h3-9,12-13,23H,10-11,14H2,1-2H3,(H,20,22). The smallest absolute Gasteiger partial charge is 0.242 e. The molecule has 0 fully saturated rings. The quantitative estimate of drug-likeness (QED) is 0.356. The second-order valence-electron chi connectivity index (χ2n) is 6.17. The van der Waals surface area contributed by atoms with Crippen molar-refractivity contribution in [1.82, 2.24) is 19.9 Å². The third-order valence-electron chi connectivity index (χ3n) is 4.09. The molecule has 148 valence electrons. The lowest BCUT2D eigenvalue weighted by Crippen LogP contribution is -2.42. The minimum atomic E-state index is -3.57. The Balaban J connectivity index is 1.51. The van der Waals surface area contributed by atoms with E-state index in [1.807, 2.05) is 42.3 Å². The predicted octanol–water partition coefficient (Wildman–Crippen LogP) is 1.81. The van der Waals surface area contributed by atoms with Crippen molar-refractivity contribution < 1.29 is 12.8 Å². The Morgan fingerprint density at radius 2 is 2.04 bits per heavy atom. The maximum Gasteiger partial charge on any atom is 0.242 e. The number of rotatable bonds is 7. The largest absolute Gasteiger partial charge is 0.459 e. The Labute approximate surface area is 164 Å². The molecular weight excluding hydrogens is 378 g/mol. The van der Waals surface area contributed by atoms with Crippen molar-refractivity contribution in [3.63, 3.8) is 0 Å². The van der Waals surface area contributed by atoms with Gasteiger partial charge in [0.15, 0.2) is 5.96 Å². The van der Waals surface area contributed by atoms with Crippen LogP contribution in [-0.2, 0) is 16.6 Å². The van der Waals surface area contributed by atoms with Gasteiger partial charge in [-0.2, -0.15) is 0 Å². The summed E-state index contributed by atoms with van der Waals surface area (Å²) in [7, 11) is -0.000491. The highest BCUT2D eigenvalue weighted by molar-refractivity contribution is 7.89. The van der Waals surface area contributed by atoms with E-state index in [0.29, 0.717) is 19.0 Å². The zero-order valence-corrected chi connectivity index (χ0v) is 16.6. The molecule has 0 unspecified atom stereocenters. The molecular formula is C19H23N5O3S. The van der Waals surface area contributed by atoms with Crippen molar-refractivity contribution in [3.8, 4) is 0 Å². The number of benzene rings is 1. The van der Waals surface area contributed by atoms with Gasteiger partial charge in [-0.05, 0) is 24.3 Å².